The van der Waals surface area contributed by atoms with Gasteiger partial charge < -0.3 is 66.4 Å². The van der Waals surface area contributed by atoms with Crippen molar-refractivity contribution in [1.82, 2.24) is 31.9 Å². The number of carboxylic acid groups (broad SMARTS) is 1. The second-order valence-corrected chi connectivity index (χ2v) is 22.8. The smallest absolute Gasteiger partial charge is 0.326 e. The SMILES string of the molecule is C[C@@H](OC(C)(C)C)[C@H](NC(=O)CNC(=O)[C@@H](N)CCC(=O)OC(C)(C)C)C(=O)N[C@@H](Cc1ccccc1)C(=O)N[C@H](C(=O)N[C@@H](COC(C)(C)C)C(=O)N[C@@H](CC(=O)OC(C)(C)C)C(=O)O)[C@@H](C)OC(C)(C)C. The van der Waals surface area contributed by atoms with Gasteiger partial charge in [0.1, 0.15) is 41.4 Å². The van der Waals surface area contributed by atoms with Crippen LogP contribution in [0.3, 0.4) is 0 Å². The molecule has 0 aliphatic carbocycles. The zero-order valence-corrected chi connectivity index (χ0v) is 46.0. The summed E-state index contributed by atoms with van der Waals surface area (Å²) in [6.07, 6.45) is -3.23. The fourth-order valence-corrected chi connectivity index (χ4v) is 6.74. The number of carbonyl (C=O) groups is 9. The topological polar surface area (TPSA) is 318 Å². The van der Waals surface area contributed by atoms with Crippen LogP contribution >= 0.6 is 0 Å². The van der Waals surface area contributed by atoms with Gasteiger partial charge in [0.2, 0.25) is 35.4 Å². The van der Waals surface area contributed by atoms with Crippen molar-refractivity contribution in [3.63, 3.8) is 0 Å². The number of aliphatic carboxylic acids is 1. The van der Waals surface area contributed by atoms with E-state index in [-0.39, 0.29) is 19.3 Å². The Bertz CT molecular complexity index is 2030. The minimum atomic E-state index is -1.76. The van der Waals surface area contributed by atoms with Crippen molar-refractivity contribution in [2.75, 3.05) is 13.2 Å². The van der Waals surface area contributed by atoms with Gasteiger partial charge >= 0.3 is 17.9 Å². The molecule has 0 saturated heterocycles. The number of ether oxygens (including phenoxy) is 5. The molecule has 9 N–H and O–H groups in total. The maximum atomic E-state index is 14.6. The van der Waals surface area contributed by atoms with Gasteiger partial charge in [-0.2, -0.15) is 0 Å². The van der Waals surface area contributed by atoms with E-state index in [4.69, 9.17) is 29.4 Å². The Morgan fingerprint density at radius 2 is 1.00 bits per heavy atom. The first-order valence-electron chi connectivity index (χ1n) is 24.4. The summed E-state index contributed by atoms with van der Waals surface area (Å²) in [5.74, 6) is -8.32. The standard InChI is InChI=1S/C51H85N7O15/c1-29(70-48(6,7)8)39(57-36(59)27-53-41(62)32(52)23-24-37(60)72-50(12,13)14)44(65)54-33(25-31-21-19-18-20-22-31)42(63)58-40(30(2)71-49(9,10)11)45(66)56-35(28-69-47(3,4)5)43(64)55-34(46(67)68)26-38(61)73-51(15,16)17/h18-22,29-30,32-35,39-40H,23-28,52H2,1-17H3,(H,53,62)(H,54,65)(H,55,64)(H,56,66)(H,57,59)(H,58,63)(H,67,68)/t29-,30-,32+,33+,34+,35+,39+,40+/m1/s1. The summed E-state index contributed by atoms with van der Waals surface area (Å²) in [6, 6.07) is -0.403. The van der Waals surface area contributed by atoms with E-state index in [2.05, 4.69) is 31.9 Å². The number of esters is 2. The Hall–Kier alpha value is -5.71. The highest BCUT2D eigenvalue weighted by Crippen LogP contribution is 2.18. The third-order valence-electron chi connectivity index (χ3n) is 9.67. The molecule has 414 valence electrons. The third-order valence-corrected chi connectivity index (χ3v) is 9.67. The maximum absolute atomic E-state index is 14.6. The summed E-state index contributed by atoms with van der Waals surface area (Å²) in [4.78, 5) is 121. The molecule has 73 heavy (non-hydrogen) atoms. The number of hydrogen-bond donors (Lipinski definition) is 8. The third kappa shape index (κ3) is 28.4. The van der Waals surface area contributed by atoms with Gasteiger partial charge in [-0.05, 0) is 130 Å². The van der Waals surface area contributed by atoms with Crippen molar-refractivity contribution >= 4 is 53.4 Å². The zero-order valence-electron chi connectivity index (χ0n) is 46.0. The number of rotatable bonds is 26. The van der Waals surface area contributed by atoms with E-state index in [1.54, 1.807) is 134 Å². The molecule has 0 aliphatic heterocycles. The normalized spacial score (nSPS) is 15.6. The lowest BCUT2D eigenvalue weighted by molar-refractivity contribution is -0.159. The number of nitrogens with one attached hydrogen (secondary N) is 6. The average molecular weight is 1040 g/mol. The molecule has 1 aromatic rings. The molecule has 0 heterocycles. The summed E-state index contributed by atoms with van der Waals surface area (Å²) in [5, 5.41) is 25.2. The molecule has 0 aliphatic rings. The highest BCUT2D eigenvalue weighted by molar-refractivity contribution is 5.97. The molecular formula is C51H85N7O15. The highest BCUT2D eigenvalue weighted by atomic mass is 16.6. The Morgan fingerprint density at radius 3 is 1.47 bits per heavy atom. The summed E-state index contributed by atoms with van der Waals surface area (Å²) in [7, 11) is 0. The van der Waals surface area contributed by atoms with Crippen molar-refractivity contribution < 1.29 is 71.9 Å². The van der Waals surface area contributed by atoms with E-state index in [1.807, 2.05) is 0 Å². The molecule has 0 radical (unpaired) electrons. The van der Waals surface area contributed by atoms with Crippen molar-refractivity contribution in [2.45, 2.75) is 220 Å². The van der Waals surface area contributed by atoms with Crippen LogP contribution in [0.25, 0.3) is 0 Å². The van der Waals surface area contributed by atoms with E-state index in [9.17, 15) is 48.3 Å². The van der Waals surface area contributed by atoms with Crippen LogP contribution in [-0.4, -0.2) is 148 Å². The summed E-state index contributed by atoms with van der Waals surface area (Å²) >= 11 is 0. The molecule has 1 rings (SSSR count). The van der Waals surface area contributed by atoms with Gasteiger partial charge in [-0.25, -0.2) is 4.79 Å². The Kier molecular flexibility index (Phi) is 25.1. The maximum Gasteiger partial charge on any atom is 0.326 e. The van der Waals surface area contributed by atoms with E-state index >= 15 is 0 Å². The minimum absolute atomic E-state index is 0.0650. The number of nitrogens with two attached hydrogens (primary N) is 1. The van der Waals surface area contributed by atoms with Crippen LogP contribution in [0.4, 0.5) is 0 Å². The van der Waals surface area contributed by atoms with Crippen molar-refractivity contribution in [3.05, 3.63) is 35.9 Å². The molecule has 22 heteroatoms. The quantitative estimate of drug-likeness (QED) is 0.0617. The van der Waals surface area contributed by atoms with Gasteiger partial charge in [0.15, 0.2) is 0 Å². The van der Waals surface area contributed by atoms with E-state index in [0.717, 1.165) is 0 Å². The first-order valence-corrected chi connectivity index (χ1v) is 24.4. The Morgan fingerprint density at radius 1 is 0.548 bits per heavy atom. The molecule has 0 saturated carbocycles. The molecule has 22 nitrogen and oxygen atoms in total. The molecular weight excluding hydrogens is 951 g/mol. The van der Waals surface area contributed by atoms with Crippen LogP contribution in [0.2, 0.25) is 0 Å². The summed E-state index contributed by atoms with van der Waals surface area (Å²) in [5.41, 5.74) is 2.32. The predicted octanol–water partition coefficient (Wildman–Crippen LogP) is 2.26. The Labute approximate surface area is 430 Å². The molecule has 8 atom stereocenters. The van der Waals surface area contributed by atoms with Gasteiger partial charge in [0.05, 0.1) is 54.6 Å². The molecule has 0 spiro atoms. The number of carbonyl (C=O) groups excluding carboxylic acids is 8. The van der Waals surface area contributed by atoms with E-state index in [0.29, 0.717) is 5.56 Å². The average Bonchev–Trinajstić information content (AvgIpc) is 3.20. The summed E-state index contributed by atoms with van der Waals surface area (Å²) in [6.45, 7) is 27.2. The minimum Gasteiger partial charge on any atom is -0.480 e. The first-order chi connectivity index (χ1) is 33.1. The highest BCUT2D eigenvalue weighted by Gasteiger charge is 2.39. The second-order valence-electron chi connectivity index (χ2n) is 22.8. The van der Waals surface area contributed by atoms with Crippen LogP contribution in [-0.2, 0) is 73.3 Å². The molecule has 0 bridgehead atoms. The second kappa shape index (κ2) is 28.1. The monoisotopic (exact) mass is 1040 g/mol. The molecule has 0 fully saturated rings. The zero-order chi connectivity index (χ0) is 56.4. The van der Waals surface area contributed by atoms with Crippen LogP contribution in [0.15, 0.2) is 30.3 Å². The number of hydrogen-bond acceptors (Lipinski definition) is 15. The molecule has 0 aromatic heterocycles. The summed E-state index contributed by atoms with van der Waals surface area (Å²) < 4.78 is 28.6. The van der Waals surface area contributed by atoms with Crippen LogP contribution in [0, 0.1) is 0 Å². The van der Waals surface area contributed by atoms with Crippen molar-refractivity contribution in [1.29, 1.82) is 0 Å². The lowest BCUT2D eigenvalue weighted by Gasteiger charge is -2.34. The largest absolute Gasteiger partial charge is 0.480 e. The first kappa shape index (κ1) is 65.3. The fourth-order valence-electron chi connectivity index (χ4n) is 6.74. The fraction of sp³-hybridized carbons (Fsp3) is 0.706. The molecule has 6 amide bonds. The number of carboxylic acids is 1. The van der Waals surface area contributed by atoms with E-state index in [1.165, 1.54) is 13.8 Å². The van der Waals surface area contributed by atoms with Gasteiger partial charge in [0.25, 0.3) is 0 Å². The van der Waals surface area contributed by atoms with Gasteiger partial charge in [-0.3, -0.25) is 38.4 Å². The van der Waals surface area contributed by atoms with Crippen LogP contribution in [0.1, 0.15) is 143 Å². The van der Waals surface area contributed by atoms with Crippen LogP contribution in [0.5, 0.6) is 0 Å². The van der Waals surface area contributed by atoms with Gasteiger partial charge in [-0.15, -0.1) is 0 Å². The van der Waals surface area contributed by atoms with Gasteiger partial charge in [0, 0.05) is 12.8 Å². The molecule has 0 unspecified atom stereocenters. The number of amides is 6. The number of benzene rings is 1. The van der Waals surface area contributed by atoms with Crippen molar-refractivity contribution in [3.8, 4) is 0 Å². The van der Waals surface area contributed by atoms with Crippen molar-refractivity contribution in [2.24, 2.45) is 5.73 Å². The lowest BCUT2D eigenvalue weighted by Crippen LogP contribution is -2.63. The van der Waals surface area contributed by atoms with Crippen LogP contribution < -0.4 is 37.6 Å². The van der Waals surface area contributed by atoms with E-state index < -0.39 is 149 Å². The lowest BCUT2D eigenvalue weighted by atomic mass is 10.0. The Balaban J connectivity index is 3.63. The predicted molar refractivity (Wildman–Crippen MR) is 270 cm³/mol. The molecule has 1 aromatic carbocycles. The van der Waals surface area contributed by atoms with Gasteiger partial charge in [-0.1, -0.05) is 30.3 Å².